The Balaban J connectivity index is 1.36. The third-order valence-electron chi connectivity index (χ3n) is 7.49. The fourth-order valence-corrected chi connectivity index (χ4v) is 6.34. The maximum atomic E-state index is 5.00. The molecule has 0 radical (unpaired) electrons. The highest BCUT2D eigenvalue weighted by Crippen LogP contribution is 2.38. The first-order valence-electron chi connectivity index (χ1n) is 12.0. The van der Waals surface area contributed by atoms with E-state index in [4.69, 9.17) is 10.2 Å². The number of hydrogen-bond acceptors (Lipinski definition) is 5. The molecule has 0 atom stereocenters. The van der Waals surface area contributed by atoms with Crippen LogP contribution in [0.2, 0.25) is 0 Å². The van der Waals surface area contributed by atoms with Crippen LogP contribution in [0.5, 0.6) is 0 Å². The summed E-state index contributed by atoms with van der Waals surface area (Å²) in [7, 11) is 0. The average molecular weight is 446 g/mol. The lowest BCUT2D eigenvalue weighted by Crippen LogP contribution is -2.74. The molecule has 0 N–H and O–H groups in total. The molecule has 4 fully saturated rings. The summed E-state index contributed by atoms with van der Waals surface area (Å²) >= 11 is 0. The van der Waals surface area contributed by atoms with Crippen molar-refractivity contribution in [3.63, 3.8) is 0 Å². The van der Waals surface area contributed by atoms with Crippen molar-refractivity contribution in [2.24, 2.45) is 15.6 Å². The molecule has 34 heavy (non-hydrogen) atoms. The zero-order chi connectivity index (χ0) is 22.5. The summed E-state index contributed by atoms with van der Waals surface area (Å²) in [5.74, 6) is 0. The first kappa shape index (κ1) is 20.0. The minimum absolute atomic E-state index is 0.0196. The van der Waals surface area contributed by atoms with Crippen LogP contribution in [-0.2, 0) is 0 Å². The average Bonchev–Trinajstić information content (AvgIpc) is 2.85. The van der Waals surface area contributed by atoms with Gasteiger partial charge in [-0.3, -0.25) is 14.7 Å². The van der Waals surface area contributed by atoms with Crippen molar-refractivity contribution >= 4 is 33.5 Å². The lowest BCUT2D eigenvalue weighted by Gasteiger charge is -2.60. The van der Waals surface area contributed by atoms with Crippen molar-refractivity contribution in [3.8, 4) is 0 Å². The zero-order valence-corrected chi connectivity index (χ0v) is 19.1. The fraction of sp³-hybridized carbons (Fsp3) is 0.241. The molecule has 4 heterocycles. The fourth-order valence-electron chi connectivity index (χ4n) is 6.34. The third kappa shape index (κ3) is 3.28. The van der Waals surface area contributed by atoms with Gasteiger partial charge in [0, 0.05) is 25.2 Å². The Kier molecular flexibility index (Phi) is 4.62. The van der Waals surface area contributed by atoms with Crippen LogP contribution < -0.4 is 0 Å². The molecule has 4 aliphatic rings. The highest BCUT2D eigenvalue weighted by atomic mass is 15.5. The highest BCUT2D eigenvalue weighted by molar-refractivity contribution is 6.13. The summed E-state index contributed by atoms with van der Waals surface area (Å²) in [4.78, 5) is 7.62. The van der Waals surface area contributed by atoms with Crippen LogP contribution in [0.4, 0.5) is 0 Å². The molecule has 4 aromatic carbocycles. The topological polar surface area (TPSA) is 34.4 Å². The maximum absolute atomic E-state index is 5.00. The monoisotopic (exact) mass is 445 g/mol. The summed E-state index contributed by atoms with van der Waals surface area (Å²) in [5.41, 5.74) is 3.39. The van der Waals surface area contributed by atoms with E-state index in [2.05, 4.69) is 99.6 Å². The van der Waals surface area contributed by atoms with Crippen molar-refractivity contribution in [2.75, 3.05) is 39.6 Å². The van der Waals surface area contributed by atoms with Gasteiger partial charge < -0.3 is 0 Å². The van der Waals surface area contributed by atoms with E-state index in [1.54, 1.807) is 0 Å². The van der Waals surface area contributed by atoms with Gasteiger partial charge in [-0.15, -0.1) is 0 Å². The van der Waals surface area contributed by atoms with Gasteiger partial charge in [0.05, 0.1) is 37.3 Å². The molecule has 4 aromatic rings. The normalized spacial score (nSPS) is 28.4. The molecule has 8 rings (SSSR count). The number of benzene rings is 4. The second-order valence-corrected chi connectivity index (χ2v) is 9.98. The molecule has 0 amide bonds. The Labute approximate surface area is 199 Å². The van der Waals surface area contributed by atoms with E-state index in [-0.39, 0.29) is 5.41 Å². The lowest BCUT2D eigenvalue weighted by molar-refractivity contribution is -0.149. The van der Waals surface area contributed by atoms with Gasteiger partial charge in [-0.05, 0) is 33.2 Å². The first-order valence-corrected chi connectivity index (χ1v) is 12.0. The summed E-state index contributed by atoms with van der Waals surface area (Å²) in [5, 5.41) is 14.7. The molecule has 0 saturated carbocycles. The van der Waals surface area contributed by atoms with Gasteiger partial charge in [0.1, 0.15) is 0 Å². The molecule has 0 aliphatic carbocycles. The van der Waals surface area contributed by atoms with E-state index in [9.17, 15) is 0 Å². The zero-order valence-electron chi connectivity index (χ0n) is 19.1. The number of fused-ring (bicyclic) bond motifs is 2. The van der Waals surface area contributed by atoms with E-state index in [1.807, 2.05) is 6.21 Å². The SMILES string of the molecule is C(=NN=C(c1ccccc1)C12CN3CN(CN(C3)C1)C2)c1c2ccccc2cc2ccccc12. The van der Waals surface area contributed by atoms with Gasteiger partial charge in [-0.25, -0.2) is 0 Å². The summed E-state index contributed by atoms with van der Waals surface area (Å²) < 4.78 is 0. The van der Waals surface area contributed by atoms with Gasteiger partial charge >= 0.3 is 0 Å². The molecule has 168 valence electrons. The number of nitrogens with zero attached hydrogens (tertiary/aromatic N) is 5. The van der Waals surface area contributed by atoms with Gasteiger partial charge in [-0.1, -0.05) is 78.9 Å². The van der Waals surface area contributed by atoms with Crippen molar-refractivity contribution < 1.29 is 0 Å². The lowest BCUT2D eigenvalue weighted by atomic mass is 9.74. The van der Waals surface area contributed by atoms with Crippen molar-refractivity contribution in [1.29, 1.82) is 0 Å². The second-order valence-electron chi connectivity index (χ2n) is 9.98. The van der Waals surface area contributed by atoms with E-state index < -0.39 is 0 Å². The standard InChI is InChI=1S/C29H27N5/c1-2-8-22(9-3-1)28(29-16-32-19-33(17-29)21-34(18-29)20-32)31-30-15-27-25-12-6-4-10-23(25)14-24-11-5-7-13-26(24)27/h1-15H,16-21H2. The third-order valence-corrected chi connectivity index (χ3v) is 7.49. The highest BCUT2D eigenvalue weighted by Gasteiger charge is 2.51. The Morgan fingerprint density at radius 1 is 0.676 bits per heavy atom. The molecule has 0 spiro atoms. The van der Waals surface area contributed by atoms with Crippen molar-refractivity contribution in [3.05, 3.63) is 96.1 Å². The molecule has 4 saturated heterocycles. The Morgan fingerprint density at radius 2 is 1.21 bits per heavy atom. The first-order chi connectivity index (χ1) is 16.8. The molecular weight excluding hydrogens is 418 g/mol. The summed E-state index contributed by atoms with van der Waals surface area (Å²) in [6, 6.07) is 30.0. The largest absolute Gasteiger partial charge is 0.276 e. The van der Waals surface area contributed by atoms with E-state index in [0.29, 0.717) is 0 Å². The van der Waals surface area contributed by atoms with Crippen LogP contribution in [0.3, 0.4) is 0 Å². The van der Waals surface area contributed by atoms with Gasteiger partial charge in [0.25, 0.3) is 0 Å². The Hall–Kier alpha value is -3.38. The number of rotatable bonds is 4. The Morgan fingerprint density at radius 3 is 1.79 bits per heavy atom. The molecule has 0 aromatic heterocycles. The van der Waals surface area contributed by atoms with Gasteiger partial charge in [0.15, 0.2) is 0 Å². The molecule has 4 aliphatic heterocycles. The van der Waals surface area contributed by atoms with Crippen LogP contribution in [0.15, 0.2) is 95.1 Å². The second kappa shape index (κ2) is 7.84. The van der Waals surface area contributed by atoms with Crippen LogP contribution in [0, 0.1) is 5.41 Å². The van der Waals surface area contributed by atoms with E-state index in [1.165, 1.54) is 27.1 Å². The van der Waals surface area contributed by atoms with Crippen molar-refractivity contribution in [1.82, 2.24) is 14.7 Å². The quantitative estimate of drug-likeness (QED) is 0.261. The van der Waals surface area contributed by atoms with Crippen LogP contribution in [-0.4, -0.2) is 66.3 Å². The Bertz CT molecular complexity index is 1350. The van der Waals surface area contributed by atoms with Crippen molar-refractivity contribution in [2.45, 2.75) is 0 Å². The minimum atomic E-state index is -0.0196. The molecule has 5 heteroatoms. The predicted molar refractivity (Wildman–Crippen MR) is 139 cm³/mol. The van der Waals surface area contributed by atoms with Gasteiger partial charge in [-0.2, -0.15) is 10.2 Å². The number of hydrogen-bond donors (Lipinski definition) is 0. The van der Waals surface area contributed by atoms with Crippen LogP contribution in [0.1, 0.15) is 11.1 Å². The molecular formula is C29H27N5. The molecule has 0 unspecified atom stereocenters. The molecule has 4 bridgehead atoms. The van der Waals surface area contributed by atoms with E-state index in [0.717, 1.165) is 50.9 Å². The van der Waals surface area contributed by atoms with Crippen LogP contribution >= 0.6 is 0 Å². The molecule has 5 nitrogen and oxygen atoms in total. The summed E-state index contributed by atoms with van der Waals surface area (Å²) in [6.07, 6.45) is 1.97. The van der Waals surface area contributed by atoms with Gasteiger partial charge in [0.2, 0.25) is 0 Å². The van der Waals surface area contributed by atoms with Crippen LogP contribution in [0.25, 0.3) is 21.5 Å². The maximum Gasteiger partial charge on any atom is 0.0802 e. The predicted octanol–water partition coefficient (Wildman–Crippen LogP) is 4.62. The smallest absolute Gasteiger partial charge is 0.0802 e. The minimum Gasteiger partial charge on any atom is -0.276 e. The van der Waals surface area contributed by atoms with E-state index >= 15 is 0 Å². The summed E-state index contributed by atoms with van der Waals surface area (Å²) in [6.45, 7) is 6.31.